The van der Waals surface area contributed by atoms with Crippen molar-refractivity contribution in [3.05, 3.63) is 233 Å². The average Bonchev–Trinajstić information content (AvgIpc) is 1.21. The molecule has 12 aromatic rings. The van der Waals surface area contributed by atoms with Gasteiger partial charge in [-0.25, -0.2) is 4.98 Å². The van der Waals surface area contributed by atoms with Crippen LogP contribution in [-0.4, -0.2) is 14.1 Å². The summed E-state index contributed by atoms with van der Waals surface area (Å²) in [4.78, 5) is 4.86. The van der Waals surface area contributed by atoms with Crippen molar-refractivity contribution in [3.8, 4) is 84.3 Å². The van der Waals surface area contributed by atoms with E-state index < -0.39 is 116 Å². The van der Waals surface area contributed by atoms with Crippen molar-refractivity contribution in [1.82, 2.24) is 14.1 Å². The molecule has 0 unspecified atom stereocenters. The van der Waals surface area contributed by atoms with Crippen molar-refractivity contribution in [2.75, 3.05) is 0 Å². The van der Waals surface area contributed by atoms with Crippen LogP contribution in [0.15, 0.2) is 170 Å². The molecule has 0 spiro atoms. The quantitative estimate of drug-likeness (QED) is 0.123. The van der Waals surface area contributed by atoms with Crippen LogP contribution in [0.5, 0.6) is 11.5 Å². The van der Waals surface area contributed by atoms with E-state index >= 15 is 0 Å². The van der Waals surface area contributed by atoms with Gasteiger partial charge in [0.25, 0.3) is 6.33 Å². The second-order valence-electron chi connectivity index (χ2n) is 28.2. The Kier molecular flexibility index (Phi) is 9.05. The van der Waals surface area contributed by atoms with Crippen LogP contribution < -0.4 is 9.30 Å². The van der Waals surface area contributed by atoms with Crippen molar-refractivity contribution in [3.63, 3.8) is 0 Å². The third-order valence-corrected chi connectivity index (χ3v) is 18.9. The Morgan fingerprint density at radius 1 is 0.565 bits per heavy atom. The van der Waals surface area contributed by atoms with Gasteiger partial charge in [-0.3, -0.25) is 4.57 Å². The zero-order chi connectivity index (χ0) is 84.8. The standard InChI is InChI=1S/C86H84N4O.Pt/c1-52-23-21-24-53(2)78(52)56-42-68-66-50-72-71(85(13,14)38-39-86(72,15)16)49-65(66)61-27-17-18-28-62(61)67-41-55(54-31-34-69-70(43-54)84(11,12)37-36-83(69,9)10)45-76-80(67)89(79(68)73(44-56)82(6,7)8)51-88(76)58-25-22-26-59(47-58)91-60-32-33-64-63-29-19-20-30-74(63)90(75(64)48-60)77-46-57(35-40-87-77)81(3,4)5;/h17-35,40-46,49-50H,36-39H2,1-16H3;/q-2;/i1D3,2D3,9D3,10D3,11D3,12D3,31D,34D,36D2,37D2,43D;. The number of ether oxygens (including phenoxy) is 1. The third-order valence-electron chi connectivity index (χ3n) is 18.9. The fourth-order valence-electron chi connectivity index (χ4n) is 13.9. The van der Waals surface area contributed by atoms with Crippen molar-refractivity contribution >= 4 is 32.8 Å². The molecule has 15 rings (SSSR count). The maximum atomic E-state index is 10.6. The second kappa shape index (κ2) is 21.5. The summed E-state index contributed by atoms with van der Waals surface area (Å²) in [5.41, 5.74) is -6.50. The van der Waals surface area contributed by atoms with Crippen molar-refractivity contribution in [2.45, 2.75) is 168 Å². The van der Waals surface area contributed by atoms with Gasteiger partial charge in [0.05, 0.1) is 20.8 Å². The molecule has 2 aliphatic carbocycles. The number of rotatable bonds is 6. The first kappa shape index (κ1) is 38.8. The van der Waals surface area contributed by atoms with Gasteiger partial charge in [-0.05, 0) is 219 Å². The summed E-state index contributed by atoms with van der Waals surface area (Å²) in [5.74, 6) is 1.02. The van der Waals surface area contributed by atoms with E-state index in [9.17, 15) is 17.8 Å². The first-order chi connectivity index (χ1) is 53.4. The Morgan fingerprint density at radius 2 is 1.22 bits per heavy atom. The molecule has 0 saturated heterocycles. The van der Waals surface area contributed by atoms with Crippen LogP contribution in [0.25, 0.3) is 106 Å². The predicted molar refractivity (Wildman–Crippen MR) is 378 cm³/mol. The average molecular weight is 1410 g/mol. The zero-order valence-corrected chi connectivity index (χ0v) is 55.1. The Labute approximate surface area is 595 Å². The largest absolute Gasteiger partial charge is 0.510 e. The van der Waals surface area contributed by atoms with Crippen LogP contribution in [0.2, 0.25) is 0 Å². The van der Waals surface area contributed by atoms with Gasteiger partial charge in [0, 0.05) is 74.4 Å². The summed E-state index contributed by atoms with van der Waals surface area (Å²) in [5, 5.41) is 1.78. The molecule has 0 fully saturated rings. The summed E-state index contributed by atoms with van der Waals surface area (Å²) < 4.78 is 246. The molecule has 0 amide bonds. The summed E-state index contributed by atoms with van der Waals surface area (Å²) in [6.07, 6.45) is -2.18. The Hall–Kier alpha value is -8.11. The van der Waals surface area contributed by atoms with Crippen LogP contribution in [-0.2, 0) is 53.6 Å². The molecule has 6 heteroatoms. The van der Waals surface area contributed by atoms with E-state index in [4.69, 9.17) is 26.2 Å². The normalized spacial score (nSPS) is 21.8. The third kappa shape index (κ3) is 9.96. The van der Waals surface area contributed by atoms with Crippen LogP contribution in [0, 0.1) is 32.2 Å². The number of hydrogen-bond donors (Lipinski definition) is 0. The van der Waals surface area contributed by atoms with Gasteiger partial charge in [0.15, 0.2) is 0 Å². The molecule has 0 atom stereocenters. The number of aryl methyl sites for hydroxylation is 2. The molecule has 0 N–H and O–H groups in total. The van der Waals surface area contributed by atoms with Gasteiger partial charge in [0.2, 0.25) is 0 Å². The van der Waals surface area contributed by atoms with Gasteiger partial charge in [0.1, 0.15) is 5.82 Å². The molecular weight excluding hydrogens is 1300 g/mol. The number of para-hydroxylation sites is 1. The minimum atomic E-state index is -4.61. The number of pyridine rings is 1. The van der Waals surface area contributed by atoms with E-state index in [0.717, 1.165) is 45.8 Å². The minimum Gasteiger partial charge on any atom is -0.510 e. The Bertz CT molecular complexity index is 6070. The second-order valence-corrected chi connectivity index (χ2v) is 28.2. The molecule has 3 aliphatic rings. The van der Waals surface area contributed by atoms with Gasteiger partial charge < -0.3 is 13.9 Å². The molecule has 0 bridgehead atoms. The summed E-state index contributed by atoms with van der Waals surface area (Å²) in [7, 11) is 0. The number of hydrogen-bond acceptors (Lipinski definition) is 2. The summed E-state index contributed by atoms with van der Waals surface area (Å²) >= 11 is 0. The Balaban J connectivity index is 0.0000113. The summed E-state index contributed by atoms with van der Waals surface area (Å²) in [6, 6.07) is 46.0. The molecular formula is C86H84N4OPt-2. The van der Waals surface area contributed by atoms with Crippen molar-refractivity contribution < 1.29 is 64.6 Å². The monoisotopic (exact) mass is 1410 g/mol. The fraction of sp³-hybridized carbons (Fsp3) is 0.302. The molecule has 0 saturated carbocycles. The van der Waals surface area contributed by atoms with E-state index in [1.54, 1.807) is 51.7 Å². The van der Waals surface area contributed by atoms with E-state index in [1.165, 1.54) is 30.3 Å². The van der Waals surface area contributed by atoms with Gasteiger partial charge >= 0.3 is 0 Å². The van der Waals surface area contributed by atoms with Crippen LogP contribution >= 0.6 is 0 Å². The van der Waals surface area contributed by atoms with Crippen molar-refractivity contribution in [1.29, 1.82) is 0 Å². The van der Waals surface area contributed by atoms with Gasteiger partial charge in [-0.15, -0.1) is 29.7 Å². The predicted octanol–water partition coefficient (Wildman–Crippen LogP) is 22.1. The molecule has 0 radical (unpaired) electrons. The van der Waals surface area contributed by atoms with Crippen molar-refractivity contribution in [2.24, 2.45) is 0 Å². The SMILES string of the molecule is [2H]c1c([2H])c2c(c([2H])c1-c1cc3c4c(c1)n(-c1[c-]c(Oc5[c-]c6c(cc5)c5ccccc5n6-c5cc(C(C)(C)C)ccn5)ccc1)[c-][n+]4-c1c(cc(-c4c(C([2H])([2H])[2H])cccc4C([2H])([2H])[2H])cc1C(C)(C)C)-c1cc4c(cc1-c1ccccc1-3)C(C)(C)CCC4(C)C)C(C([2H])([2H])[2H])(C([2H])([2H])[2H])C([2H])([2H])C([2H])([2H])C2(C([2H])([2H])[2H])C([2H])([2H])[2H].[Pt]. The number of aromatic nitrogens is 4. The van der Waals surface area contributed by atoms with Gasteiger partial charge in [-0.2, -0.15) is 18.2 Å². The number of nitrogens with zero attached hydrogens (tertiary/aromatic N) is 4. The number of fused-ring (bicyclic) bond motifs is 12. The smallest absolute Gasteiger partial charge is 0.268 e. The number of imidazole rings is 1. The Morgan fingerprint density at radius 3 is 1.91 bits per heavy atom. The first-order valence-electron chi connectivity index (χ1n) is 43.3. The molecule has 9 aromatic carbocycles. The fourth-order valence-corrected chi connectivity index (χ4v) is 13.9. The van der Waals surface area contributed by atoms with Crippen LogP contribution in [0.4, 0.5) is 0 Å². The summed E-state index contributed by atoms with van der Waals surface area (Å²) in [6.45, 7) is -2.12. The van der Waals surface area contributed by atoms with Gasteiger partial charge in [-0.1, -0.05) is 199 Å². The molecule has 466 valence electrons. The van der Waals surface area contributed by atoms with Crippen LogP contribution in [0.3, 0.4) is 0 Å². The molecule has 4 heterocycles. The molecule has 3 aromatic heterocycles. The van der Waals surface area contributed by atoms with E-state index in [2.05, 4.69) is 79.1 Å². The first-order valence-corrected chi connectivity index (χ1v) is 30.8. The number of benzene rings is 9. The van der Waals surface area contributed by atoms with E-state index in [1.807, 2.05) is 92.1 Å². The topological polar surface area (TPSA) is 35.9 Å². The van der Waals surface area contributed by atoms with Crippen LogP contribution in [0.1, 0.15) is 201 Å². The minimum absolute atomic E-state index is 0. The maximum absolute atomic E-state index is 10.6. The molecule has 1 aliphatic heterocycles. The molecule has 92 heavy (non-hydrogen) atoms. The van der Waals surface area contributed by atoms with E-state index in [0.29, 0.717) is 50.4 Å². The zero-order valence-electron chi connectivity index (χ0n) is 77.9. The maximum Gasteiger partial charge on any atom is 0.268 e. The van der Waals surface area contributed by atoms with E-state index in [-0.39, 0.29) is 88.1 Å². The molecule has 5 nitrogen and oxygen atoms in total.